The number of hydrogen-bond donors (Lipinski definition) is 2. The van der Waals surface area contributed by atoms with Crippen LogP contribution in [0.1, 0.15) is 30.7 Å². The molecule has 2 amide bonds. The smallest absolute Gasteiger partial charge is 0.418 e. The zero-order valence-electron chi connectivity index (χ0n) is 10.7. The molecule has 12 heteroatoms. The molecule has 3 rings (SSSR count). The minimum atomic E-state index is -4.75. The summed E-state index contributed by atoms with van der Waals surface area (Å²) in [4.78, 5) is 13.5. The zero-order valence-corrected chi connectivity index (χ0v) is 11.6. The molecule has 0 aromatic carbocycles. The molecule has 0 aliphatic carbocycles. The highest BCUT2D eigenvalue weighted by atomic mass is 32.3. The van der Waals surface area contributed by atoms with E-state index < -0.39 is 28.5 Å². The standard InChI is InChI=1S/C9H13N5O6S/c10-3-7-11-12-8(19-7)6-2-1-5-4-13(6)9(15)14(5)20-21(16,17)18/h5-6H,1-4,10H2,(H,16,17,18)/t5-,6-/m0/s1. The molecule has 0 radical (unpaired) electrons. The summed E-state index contributed by atoms with van der Waals surface area (Å²) < 4.78 is 39.9. The van der Waals surface area contributed by atoms with Gasteiger partial charge in [0.15, 0.2) is 0 Å². The van der Waals surface area contributed by atoms with Crippen molar-refractivity contribution in [3.63, 3.8) is 0 Å². The Hall–Kier alpha value is -1.76. The molecule has 2 fully saturated rings. The van der Waals surface area contributed by atoms with Gasteiger partial charge in [-0.15, -0.1) is 14.5 Å². The molecule has 0 spiro atoms. The van der Waals surface area contributed by atoms with Gasteiger partial charge in [0, 0.05) is 6.54 Å². The summed E-state index contributed by atoms with van der Waals surface area (Å²) in [6, 6.07) is -1.59. The van der Waals surface area contributed by atoms with Crippen molar-refractivity contribution < 1.29 is 26.5 Å². The van der Waals surface area contributed by atoms with Crippen molar-refractivity contribution in [2.45, 2.75) is 31.5 Å². The van der Waals surface area contributed by atoms with E-state index in [1.165, 1.54) is 4.90 Å². The van der Waals surface area contributed by atoms with Crippen LogP contribution in [0, 0.1) is 0 Å². The van der Waals surface area contributed by atoms with Crippen LogP contribution in [0.15, 0.2) is 4.42 Å². The Morgan fingerprint density at radius 2 is 2.19 bits per heavy atom. The van der Waals surface area contributed by atoms with Crippen molar-refractivity contribution in [1.82, 2.24) is 20.2 Å². The Labute approximate surface area is 119 Å². The molecule has 3 N–H and O–H groups in total. The Kier molecular flexibility index (Phi) is 3.32. The first kappa shape index (κ1) is 14.2. The molecule has 2 atom stereocenters. The van der Waals surface area contributed by atoms with E-state index in [-0.39, 0.29) is 24.9 Å². The first-order valence-corrected chi connectivity index (χ1v) is 7.54. The van der Waals surface area contributed by atoms with Gasteiger partial charge in [-0.2, -0.15) is 13.5 Å². The number of piperidine rings is 1. The Morgan fingerprint density at radius 1 is 1.43 bits per heavy atom. The fourth-order valence-electron chi connectivity index (χ4n) is 2.57. The normalized spacial score (nSPS) is 25.7. The monoisotopic (exact) mass is 319 g/mol. The molecular formula is C9H13N5O6S. The van der Waals surface area contributed by atoms with E-state index in [4.69, 9.17) is 14.7 Å². The van der Waals surface area contributed by atoms with E-state index in [0.29, 0.717) is 17.9 Å². The number of urea groups is 1. The number of carbonyl (C=O) groups excluding carboxylic acids is 1. The fourth-order valence-corrected chi connectivity index (χ4v) is 2.96. The van der Waals surface area contributed by atoms with Gasteiger partial charge in [-0.3, -0.25) is 4.55 Å². The molecule has 0 saturated carbocycles. The lowest BCUT2D eigenvalue weighted by molar-refractivity contribution is -0.0317. The third kappa shape index (κ3) is 2.57. The van der Waals surface area contributed by atoms with Gasteiger partial charge in [-0.05, 0) is 12.8 Å². The van der Waals surface area contributed by atoms with Crippen molar-refractivity contribution in [3.05, 3.63) is 11.8 Å². The fraction of sp³-hybridized carbons (Fsp3) is 0.667. The first-order chi connectivity index (χ1) is 9.89. The predicted molar refractivity (Wildman–Crippen MR) is 64.5 cm³/mol. The largest absolute Gasteiger partial charge is 0.422 e. The molecule has 2 aliphatic heterocycles. The lowest BCUT2D eigenvalue weighted by atomic mass is 10.0. The summed E-state index contributed by atoms with van der Waals surface area (Å²) in [6.07, 6.45) is 0.983. The van der Waals surface area contributed by atoms with Gasteiger partial charge in [-0.1, -0.05) is 0 Å². The highest BCUT2D eigenvalue weighted by molar-refractivity contribution is 7.80. The van der Waals surface area contributed by atoms with Crippen LogP contribution in [0.25, 0.3) is 0 Å². The average molecular weight is 319 g/mol. The second-order valence-electron chi connectivity index (χ2n) is 4.75. The molecule has 11 nitrogen and oxygen atoms in total. The average Bonchev–Trinajstić information content (AvgIpc) is 2.98. The molecule has 1 aromatic heterocycles. The third-order valence-electron chi connectivity index (χ3n) is 3.44. The van der Waals surface area contributed by atoms with Crippen LogP contribution in [0.4, 0.5) is 4.79 Å². The van der Waals surface area contributed by atoms with Gasteiger partial charge >= 0.3 is 16.4 Å². The van der Waals surface area contributed by atoms with Gasteiger partial charge in [-0.25, -0.2) is 4.79 Å². The van der Waals surface area contributed by atoms with Gasteiger partial charge < -0.3 is 15.1 Å². The van der Waals surface area contributed by atoms with Crippen molar-refractivity contribution in [2.24, 2.45) is 5.73 Å². The van der Waals surface area contributed by atoms with E-state index in [2.05, 4.69) is 14.5 Å². The van der Waals surface area contributed by atoms with Crippen LogP contribution in [0.3, 0.4) is 0 Å². The van der Waals surface area contributed by atoms with Crippen molar-refractivity contribution >= 4 is 16.4 Å². The summed E-state index contributed by atoms with van der Waals surface area (Å²) in [5.74, 6) is 0.501. The maximum absolute atomic E-state index is 12.2. The van der Waals surface area contributed by atoms with Crippen LogP contribution in [-0.4, -0.2) is 51.7 Å². The van der Waals surface area contributed by atoms with E-state index in [9.17, 15) is 13.2 Å². The number of aromatic nitrogens is 2. The first-order valence-electron chi connectivity index (χ1n) is 6.18. The number of carbonyl (C=O) groups is 1. The number of hydroxylamine groups is 2. The van der Waals surface area contributed by atoms with Gasteiger partial charge in [0.1, 0.15) is 6.04 Å². The van der Waals surface area contributed by atoms with Crippen molar-refractivity contribution in [1.29, 1.82) is 0 Å². The minimum Gasteiger partial charge on any atom is -0.422 e. The van der Waals surface area contributed by atoms with E-state index in [1.807, 2.05) is 0 Å². The zero-order chi connectivity index (χ0) is 15.2. The summed E-state index contributed by atoms with van der Waals surface area (Å²) in [6.45, 7) is 0.341. The lowest BCUT2D eigenvalue weighted by Gasteiger charge is -2.27. The Morgan fingerprint density at radius 3 is 2.81 bits per heavy atom. The number of amides is 2. The second kappa shape index (κ2) is 4.91. The maximum Gasteiger partial charge on any atom is 0.418 e. The van der Waals surface area contributed by atoms with E-state index in [1.54, 1.807) is 0 Å². The highest BCUT2D eigenvalue weighted by Crippen LogP contribution is 2.38. The molecule has 2 bridgehead atoms. The van der Waals surface area contributed by atoms with Crippen LogP contribution < -0.4 is 5.73 Å². The number of fused-ring (bicyclic) bond motifs is 2. The number of hydrogen-bond acceptors (Lipinski definition) is 8. The van der Waals surface area contributed by atoms with Crippen LogP contribution in [0.5, 0.6) is 0 Å². The van der Waals surface area contributed by atoms with Gasteiger partial charge in [0.2, 0.25) is 11.8 Å². The Bertz CT molecular complexity index is 659. The minimum absolute atomic E-state index is 0.0916. The van der Waals surface area contributed by atoms with Gasteiger partial charge in [0.25, 0.3) is 0 Å². The number of nitrogens with two attached hydrogens (primary N) is 1. The molecular weight excluding hydrogens is 306 g/mol. The molecule has 21 heavy (non-hydrogen) atoms. The molecule has 0 unspecified atom stereocenters. The van der Waals surface area contributed by atoms with Crippen molar-refractivity contribution in [3.8, 4) is 0 Å². The van der Waals surface area contributed by atoms with Gasteiger partial charge in [0.05, 0.1) is 12.6 Å². The molecule has 116 valence electrons. The lowest BCUT2D eigenvalue weighted by Crippen LogP contribution is -2.35. The van der Waals surface area contributed by atoms with Crippen LogP contribution >= 0.6 is 0 Å². The molecule has 2 aliphatic rings. The van der Waals surface area contributed by atoms with Crippen LogP contribution in [-0.2, 0) is 21.2 Å². The van der Waals surface area contributed by atoms with Crippen LogP contribution in [0.2, 0.25) is 0 Å². The van der Waals surface area contributed by atoms with Crippen molar-refractivity contribution in [2.75, 3.05) is 6.54 Å². The predicted octanol–water partition coefficient (Wildman–Crippen LogP) is -0.796. The summed E-state index contributed by atoms with van der Waals surface area (Å²) in [7, 11) is -4.75. The maximum atomic E-state index is 12.2. The second-order valence-corrected chi connectivity index (χ2v) is 5.75. The molecule has 2 saturated heterocycles. The molecule has 3 heterocycles. The van der Waals surface area contributed by atoms with E-state index in [0.717, 1.165) is 0 Å². The number of nitrogens with zero attached hydrogens (tertiary/aromatic N) is 4. The SMILES string of the molecule is NCc1nnc([C@@H]2CC[C@H]3CN2C(=O)N3OS(=O)(=O)O)o1. The quantitative estimate of drug-likeness (QED) is 0.679. The Balaban J connectivity index is 1.82. The summed E-state index contributed by atoms with van der Waals surface area (Å²) in [5.41, 5.74) is 5.39. The molecule has 1 aromatic rings. The third-order valence-corrected chi connectivity index (χ3v) is 3.79. The van der Waals surface area contributed by atoms with E-state index >= 15 is 0 Å². The highest BCUT2D eigenvalue weighted by Gasteiger charge is 2.49. The number of rotatable bonds is 4. The summed E-state index contributed by atoms with van der Waals surface area (Å²) in [5, 5.41) is 8.24. The topological polar surface area (TPSA) is 152 Å². The summed E-state index contributed by atoms with van der Waals surface area (Å²) >= 11 is 0.